The molecule has 0 aliphatic carbocycles. The zero-order chi connectivity index (χ0) is 19.1. The van der Waals surface area contributed by atoms with Crippen molar-refractivity contribution in [3.8, 4) is 11.1 Å². The van der Waals surface area contributed by atoms with Crippen LogP contribution in [0.25, 0.3) is 16.9 Å². The predicted molar refractivity (Wildman–Crippen MR) is 89.7 cm³/mol. The molecular weight excluding hydrogens is 374 g/mol. The number of nitrogens with zero attached hydrogens (tertiary/aromatic N) is 5. The molecule has 2 heterocycles. The van der Waals surface area contributed by atoms with E-state index in [4.69, 9.17) is 11.6 Å². The second kappa shape index (κ2) is 6.71. The average molecular weight is 388 g/mol. The molecule has 0 radical (unpaired) electrons. The number of anilines is 1. The van der Waals surface area contributed by atoms with E-state index in [-0.39, 0.29) is 27.9 Å². The van der Waals surface area contributed by atoms with Gasteiger partial charge in [-0.15, -0.1) is 0 Å². The Morgan fingerprint density at radius 3 is 2.54 bits per heavy atom. The van der Waals surface area contributed by atoms with Crippen LogP contribution >= 0.6 is 11.6 Å². The van der Waals surface area contributed by atoms with Crippen molar-refractivity contribution in [3.05, 3.63) is 41.6 Å². The van der Waals surface area contributed by atoms with E-state index >= 15 is 0 Å². The maximum absolute atomic E-state index is 14.4. The molecule has 1 aromatic carbocycles. The Hall–Kier alpha value is -2.42. The van der Waals surface area contributed by atoms with Gasteiger partial charge in [-0.2, -0.15) is 32.8 Å². The van der Waals surface area contributed by atoms with E-state index in [1.165, 1.54) is 18.2 Å². The number of hydrogen-bond acceptors (Lipinski definition) is 4. The molecule has 138 valence electrons. The van der Waals surface area contributed by atoms with Gasteiger partial charge in [-0.05, 0) is 19.9 Å². The van der Waals surface area contributed by atoms with Gasteiger partial charge in [0.1, 0.15) is 29.7 Å². The number of aromatic nitrogens is 4. The highest BCUT2D eigenvalue weighted by Gasteiger charge is 2.35. The van der Waals surface area contributed by atoms with E-state index in [1.54, 1.807) is 19.9 Å². The molecular formula is C16H14ClF4N5. The van der Waals surface area contributed by atoms with Gasteiger partial charge in [0.25, 0.3) is 5.78 Å². The Balaban J connectivity index is 2.36. The summed E-state index contributed by atoms with van der Waals surface area (Å²) in [6.45, 7) is 1.92. The minimum absolute atomic E-state index is 0.0186. The van der Waals surface area contributed by atoms with Crippen LogP contribution in [0.2, 0.25) is 5.15 Å². The molecule has 0 saturated heterocycles. The first-order valence-corrected chi connectivity index (χ1v) is 8.04. The van der Waals surface area contributed by atoms with E-state index in [0.29, 0.717) is 0 Å². The SMILES string of the molecule is CC(C)N(CC(F)(F)F)c1c(-c2ccccc2F)c(Cl)nc2ncnn12. The highest BCUT2D eigenvalue weighted by atomic mass is 35.5. The van der Waals surface area contributed by atoms with Crippen molar-refractivity contribution in [1.29, 1.82) is 0 Å². The molecule has 0 aliphatic heterocycles. The third kappa shape index (κ3) is 3.44. The fraction of sp³-hybridized carbons (Fsp3) is 0.312. The summed E-state index contributed by atoms with van der Waals surface area (Å²) < 4.78 is 55.1. The van der Waals surface area contributed by atoms with Crippen molar-refractivity contribution in [2.24, 2.45) is 0 Å². The summed E-state index contributed by atoms with van der Waals surface area (Å²) in [6, 6.07) is 5.09. The maximum Gasteiger partial charge on any atom is 0.405 e. The lowest BCUT2D eigenvalue weighted by molar-refractivity contribution is -0.120. The minimum Gasteiger partial charge on any atom is -0.344 e. The summed E-state index contributed by atoms with van der Waals surface area (Å²) in [5, 5.41) is 3.81. The van der Waals surface area contributed by atoms with Crippen LogP contribution in [0.15, 0.2) is 30.6 Å². The third-order valence-corrected chi connectivity index (χ3v) is 4.02. The van der Waals surface area contributed by atoms with Gasteiger partial charge < -0.3 is 4.90 Å². The lowest BCUT2D eigenvalue weighted by Gasteiger charge is -2.31. The Morgan fingerprint density at radius 1 is 1.23 bits per heavy atom. The third-order valence-electron chi connectivity index (χ3n) is 3.75. The first kappa shape index (κ1) is 18.4. The molecule has 5 nitrogen and oxygen atoms in total. The second-order valence-electron chi connectivity index (χ2n) is 5.89. The number of rotatable bonds is 4. The van der Waals surface area contributed by atoms with Crippen LogP contribution in [-0.4, -0.2) is 38.3 Å². The van der Waals surface area contributed by atoms with Crippen LogP contribution in [0.1, 0.15) is 13.8 Å². The topological polar surface area (TPSA) is 46.3 Å². The van der Waals surface area contributed by atoms with Gasteiger partial charge in [-0.25, -0.2) is 4.39 Å². The fourth-order valence-electron chi connectivity index (χ4n) is 2.66. The molecule has 0 unspecified atom stereocenters. The van der Waals surface area contributed by atoms with E-state index in [9.17, 15) is 17.6 Å². The molecule has 10 heteroatoms. The summed E-state index contributed by atoms with van der Waals surface area (Å²) in [5.41, 5.74) is 0.0611. The number of halogens is 5. The van der Waals surface area contributed by atoms with Crippen molar-refractivity contribution >= 4 is 23.2 Å². The molecule has 3 aromatic rings. The average Bonchev–Trinajstić information content (AvgIpc) is 2.99. The number of fused-ring (bicyclic) bond motifs is 1. The Labute approximate surface area is 151 Å². The standard InChI is InChI=1S/C16H14ClF4N5/c1-9(2)25(7-16(19,20)21)14-12(10-5-3-4-6-11(10)18)13(17)24-15-22-8-23-26(14)15/h3-6,8-9H,7H2,1-2H3. The van der Waals surface area contributed by atoms with Crippen molar-refractivity contribution in [1.82, 2.24) is 19.6 Å². The molecule has 0 aliphatic rings. The quantitative estimate of drug-likeness (QED) is 0.493. The first-order chi connectivity index (χ1) is 12.2. The summed E-state index contributed by atoms with van der Waals surface area (Å²) in [7, 11) is 0. The number of benzene rings is 1. The van der Waals surface area contributed by atoms with Crippen LogP contribution in [0, 0.1) is 5.82 Å². The van der Waals surface area contributed by atoms with Gasteiger partial charge in [-0.3, -0.25) is 0 Å². The first-order valence-electron chi connectivity index (χ1n) is 7.66. The summed E-state index contributed by atoms with van der Waals surface area (Å²) in [4.78, 5) is 8.98. The summed E-state index contributed by atoms with van der Waals surface area (Å²) in [5.74, 6) is -0.625. The molecule has 0 spiro atoms. The molecule has 0 saturated carbocycles. The van der Waals surface area contributed by atoms with Crippen LogP contribution in [0.5, 0.6) is 0 Å². The monoisotopic (exact) mass is 387 g/mol. The van der Waals surface area contributed by atoms with E-state index in [1.807, 2.05) is 0 Å². The molecule has 0 atom stereocenters. The lowest BCUT2D eigenvalue weighted by Crippen LogP contribution is -2.40. The van der Waals surface area contributed by atoms with Crippen LogP contribution < -0.4 is 4.90 Å². The van der Waals surface area contributed by atoms with E-state index < -0.39 is 24.6 Å². The van der Waals surface area contributed by atoms with Gasteiger partial charge in [0, 0.05) is 11.6 Å². The Morgan fingerprint density at radius 2 is 1.92 bits per heavy atom. The smallest absolute Gasteiger partial charge is 0.344 e. The molecule has 0 amide bonds. The van der Waals surface area contributed by atoms with Crippen molar-refractivity contribution in [2.75, 3.05) is 11.4 Å². The molecule has 0 N–H and O–H groups in total. The van der Waals surface area contributed by atoms with Crippen molar-refractivity contribution in [2.45, 2.75) is 26.1 Å². The van der Waals surface area contributed by atoms with Crippen LogP contribution in [-0.2, 0) is 0 Å². The normalized spacial score (nSPS) is 12.2. The van der Waals surface area contributed by atoms with Crippen molar-refractivity contribution < 1.29 is 17.6 Å². The summed E-state index contributed by atoms with van der Waals surface area (Å²) in [6.07, 6.45) is -3.33. The predicted octanol–water partition coefficient (Wildman–Crippen LogP) is 4.36. The highest BCUT2D eigenvalue weighted by molar-refractivity contribution is 6.33. The molecule has 2 aromatic heterocycles. The fourth-order valence-corrected chi connectivity index (χ4v) is 2.92. The van der Waals surface area contributed by atoms with Gasteiger partial charge in [0.05, 0.1) is 5.56 Å². The van der Waals surface area contributed by atoms with Gasteiger partial charge >= 0.3 is 6.18 Å². The largest absolute Gasteiger partial charge is 0.405 e. The summed E-state index contributed by atoms with van der Waals surface area (Å²) >= 11 is 6.22. The van der Waals surface area contributed by atoms with Crippen molar-refractivity contribution in [3.63, 3.8) is 0 Å². The molecule has 0 bridgehead atoms. The number of hydrogen-bond donors (Lipinski definition) is 0. The second-order valence-corrected chi connectivity index (χ2v) is 6.25. The molecule has 3 rings (SSSR count). The van der Waals surface area contributed by atoms with E-state index in [2.05, 4.69) is 15.1 Å². The van der Waals surface area contributed by atoms with Crippen LogP contribution in [0.3, 0.4) is 0 Å². The highest BCUT2D eigenvalue weighted by Crippen LogP contribution is 2.39. The molecule has 0 fully saturated rings. The van der Waals surface area contributed by atoms with Gasteiger partial charge in [0.15, 0.2) is 0 Å². The number of alkyl halides is 3. The zero-order valence-corrected chi connectivity index (χ0v) is 14.6. The minimum atomic E-state index is -4.49. The van der Waals surface area contributed by atoms with Crippen LogP contribution in [0.4, 0.5) is 23.4 Å². The lowest BCUT2D eigenvalue weighted by atomic mass is 10.1. The zero-order valence-electron chi connectivity index (χ0n) is 13.8. The van der Waals surface area contributed by atoms with E-state index in [0.717, 1.165) is 15.7 Å². The Bertz CT molecular complexity index is 938. The molecule has 26 heavy (non-hydrogen) atoms. The maximum atomic E-state index is 14.4. The van der Waals surface area contributed by atoms with Gasteiger partial charge in [-0.1, -0.05) is 29.8 Å². The van der Waals surface area contributed by atoms with Gasteiger partial charge in [0.2, 0.25) is 0 Å². The Kier molecular flexibility index (Phi) is 4.74.